The number of allylic oxidation sites excluding steroid dienone is 4. The standard InChI is InChI=1S/C54H43N.C14H12/c1-33-16-14-17-34(2)53(33)43-31-44-41-22-10-12-25-47(41)54(49(44)29-35(43)3,38-19-6-5-7-20-38)48-32-52-45(28-36(48)4)42-23-11-13-26-50(42)55(52)51-27-15-24-40-39-21-9-8-18-37(39)30-46(40)51;1-10-5-4-8-13-12-7-3-2-6-11(12)9-14(10)13/h5-16,18-29,31-32,34H,17,30H2,1-4H3;2-8H,9H2,1H3. The van der Waals surface area contributed by atoms with E-state index >= 15 is 0 Å². The molecule has 1 aromatic heterocycles. The summed E-state index contributed by atoms with van der Waals surface area (Å²) >= 11 is 0. The number of rotatable bonds is 4. The van der Waals surface area contributed by atoms with Crippen molar-refractivity contribution in [3.8, 4) is 39.1 Å². The molecule has 69 heavy (non-hydrogen) atoms. The average molecular weight is 886 g/mol. The molecule has 1 heteroatoms. The van der Waals surface area contributed by atoms with E-state index in [0.29, 0.717) is 5.92 Å². The fourth-order valence-corrected chi connectivity index (χ4v) is 13.1. The lowest BCUT2D eigenvalue weighted by Crippen LogP contribution is -2.30. The molecular weight excluding hydrogens is 831 g/mol. The maximum absolute atomic E-state index is 2.57. The molecule has 0 saturated carbocycles. The van der Waals surface area contributed by atoms with Gasteiger partial charge in [0, 0.05) is 17.2 Å². The largest absolute Gasteiger partial charge is 0.309 e. The number of para-hydroxylation sites is 1. The van der Waals surface area contributed by atoms with E-state index in [-0.39, 0.29) is 0 Å². The minimum atomic E-state index is -0.508. The van der Waals surface area contributed by atoms with Gasteiger partial charge in [0.2, 0.25) is 0 Å². The van der Waals surface area contributed by atoms with E-state index in [1.54, 1.807) is 0 Å². The molecule has 0 spiro atoms. The Bertz CT molecular complexity index is 3810. The van der Waals surface area contributed by atoms with Gasteiger partial charge in [0.1, 0.15) is 0 Å². The minimum absolute atomic E-state index is 0.482. The van der Waals surface area contributed by atoms with Gasteiger partial charge in [0.05, 0.1) is 22.1 Å². The van der Waals surface area contributed by atoms with Crippen molar-refractivity contribution in [2.45, 2.75) is 59.3 Å². The van der Waals surface area contributed by atoms with Gasteiger partial charge in [-0.05, 0) is 188 Å². The molecule has 0 radical (unpaired) electrons. The zero-order chi connectivity index (χ0) is 46.5. The van der Waals surface area contributed by atoms with Crippen molar-refractivity contribution in [3.05, 3.63) is 273 Å². The van der Waals surface area contributed by atoms with E-state index in [2.05, 4.69) is 239 Å². The quantitative estimate of drug-likeness (QED) is 0.166. The monoisotopic (exact) mass is 885 g/mol. The van der Waals surface area contributed by atoms with E-state index in [1.807, 2.05) is 0 Å². The maximum atomic E-state index is 2.57. The van der Waals surface area contributed by atoms with Crippen LogP contribution >= 0.6 is 0 Å². The molecule has 9 aromatic carbocycles. The van der Waals surface area contributed by atoms with Crippen molar-refractivity contribution in [3.63, 3.8) is 0 Å². The number of aromatic nitrogens is 1. The maximum Gasteiger partial charge on any atom is 0.0716 e. The van der Waals surface area contributed by atoms with Crippen LogP contribution < -0.4 is 0 Å². The van der Waals surface area contributed by atoms with Crippen LogP contribution in [0.1, 0.15) is 87.0 Å². The Morgan fingerprint density at radius 3 is 1.84 bits per heavy atom. The average Bonchev–Trinajstić information content (AvgIpc) is 4.12. The molecule has 0 fully saturated rings. The number of hydrogen-bond donors (Lipinski definition) is 0. The lowest BCUT2D eigenvalue weighted by Gasteiger charge is -2.36. The Morgan fingerprint density at radius 2 is 1.07 bits per heavy atom. The second kappa shape index (κ2) is 15.9. The van der Waals surface area contributed by atoms with Crippen LogP contribution in [0, 0.1) is 26.7 Å². The smallest absolute Gasteiger partial charge is 0.0716 e. The molecular formula is C68H55N. The Hall–Kier alpha value is -7.74. The molecule has 1 nitrogen and oxygen atoms in total. The van der Waals surface area contributed by atoms with Crippen LogP contribution in [0.5, 0.6) is 0 Å². The molecule has 332 valence electrons. The Morgan fingerprint density at radius 1 is 0.435 bits per heavy atom. The molecule has 0 amide bonds. The highest BCUT2D eigenvalue weighted by Crippen LogP contribution is 2.58. The number of aryl methyl sites for hydroxylation is 3. The second-order valence-electron chi connectivity index (χ2n) is 20.1. The molecule has 14 rings (SSSR count). The topological polar surface area (TPSA) is 4.93 Å². The fourth-order valence-electron chi connectivity index (χ4n) is 13.1. The number of benzene rings is 9. The second-order valence-corrected chi connectivity index (χ2v) is 20.1. The van der Waals surface area contributed by atoms with Crippen LogP contribution in [-0.4, -0.2) is 4.57 Å². The van der Waals surface area contributed by atoms with Gasteiger partial charge in [-0.15, -0.1) is 0 Å². The predicted molar refractivity (Wildman–Crippen MR) is 291 cm³/mol. The molecule has 4 aliphatic rings. The van der Waals surface area contributed by atoms with E-state index < -0.39 is 5.41 Å². The highest BCUT2D eigenvalue weighted by Gasteiger charge is 2.47. The van der Waals surface area contributed by atoms with Crippen molar-refractivity contribution in [2.75, 3.05) is 0 Å². The van der Waals surface area contributed by atoms with Gasteiger partial charge in [-0.25, -0.2) is 0 Å². The van der Waals surface area contributed by atoms with E-state index in [4.69, 9.17) is 0 Å². The summed E-state index contributed by atoms with van der Waals surface area (Å²) in [5, 5.41) is 2.59. The third kappa shape index (κ3) is 6.16. The van der Waals surface area contributed by atoms with Crippen LogP contribution in [0.15, 0.2) is 206 Å². The highest BCUT2D eigenvalue weighted by molar-refractivity contribution is 6.10. The summed E-state index contributed by atoms with van der Waals surface area (Å²) in [5.74, 6) is 0.482. The summed E-state index contributed by atoms with van der Waals surface area (Å²) in [6.07, 6.45) is 7.79. The molecule has 0 bridgehead atoms. The Balaban J connectivity index is 0.000000285. The third-order valence-corrected chi connectivity index (χ3v) is 16.2. The lowest BCUT2D eigenvalue weighted by atomic mass is 9.66. The molecule has 10 aromatic rings. The van der Waals surface area contributed by atoms with Gasteiger partial charge in [-0.1, -0.05) is 177 Å². The SMILES string of the molecule is CC1=C(c2cc3c(cc2C)C(c2ccccc2)(c2cc4c(cc2C)c2ccccc2n4-c2cccc4c2Cc2ccccc2-4)c2ccccc2-3)C(C)CC=C1.Cc1cccc2c1Cc1ccccc1-2. The van der Waals surface area contributed by atoms with Gasteiger partial charge in [0.25, 0.3) is 0 Å². The van der Waals surface area contributed by atoms with Crippen molar-refractivity contribution in [2.24, 2.45) is 5.92 Å². The first-order valence-corrected chi connectivity index (χ1v) is 24.9. The minimum Gasteiger partial charge on any atom is -0.309 e. The number of fused-ring (bicyclic) bond motifs is 12. The third-order valence-electron chi connectivity index (χ3n) is 16.2. The summed E-state index contributed by atoms with van der Waals surface area (Å²) in [7, 11) is 0. The number of nitrogens with zero attached hydrogens (tertiary/aromatic N) is 1. The van der Waals surface area contributed by atoms with Crippen molar-refractivity contribution in [1.29, 1.82) is 0 Å². The lowest BCUT2D eigenvalue weighted by molar-refractivity contribution is 0.748. The Labute approximate surface area is 406 Å². The first-order valence-electron chi connectivity index (χ1n) is 24.9. The molecule has 0 N–H and O–H groups in total. The van der Waals surface area contributed by atoms with Crippen LogP contribution in [-0.2, 0) is 18.3 Å². The zero-order valence-electron chi connectivity index (χ0n) is 40.2. The zero-order valence-corrected chi connectivity index (χ0v) is 40.2. The molecule has 0 saturated heterocycles. The summed E-state index contributed by atoms with van der Waals surface area (Å²) in [6.45, 7) is 11.5. The van der Waals surface area contributed by atoms with Gasteiger partial charge in [-0.3, -0.25) is 0 Å². The van der Waals surface area contributed by atoms with Crippen LogP contribution in [0.4, 0.5) is 0 Å². The summed E-state index contributed by atoms with van der Waals surface area (Å²) < 4.78 is 2.57. The van der Waals surface area contributed by atoms with Crippen molar-refractivity contribution < 1.29 is 0 Å². The van der Waals surface area contributed by atoms with Crippen LogP contribution in [0.3, 0.4) is 0 Å². The molecule has 2 atom stereocenters. The fraction of sp³-hybridized carbons (Fsp3) is 0.147. The normalized spacial score (nSPS) is 17.0. The van der Waals surface area contributed by atoms with Crippen LogP contribution in [0.2, 0.25) is 0 Å². The molecule has 0 aliphatic heterocycles. The van der Waals surface area contributed by atoms with Gasteiger partial charge in [0.15, 0.2) is 0 Å². The highest BCUT2D eigenvalue weighted by atomic mass is 15.0. The summed E-state index contributed by atoms with van der Waals surface area (Å²) in [5.41, 5.74) is 31.0. The number of hydrogen-bond acceptors (Lipinski definition) is 0. The summed E-state index contributed by atoms with van der Waals surface area (Å²) in [6, 6.07) is 70.8. The van der Waals surface area contributed by atoms with Gasteiger partial charge >= 0.3 is 0 Å². The van der Waals surface area contributed by atoms with Crippen molar-refractivity contribution >= 4 is 27.4 Å². The predicted octanol–water partition coefficient (Wildman–Crippen LogP) is 17.3. The molecule has 2 unspecified atom stereocenters. The first-order chi connectivity index (χ1) is 33.8. The van der Waals surface area contributed by atoms with Gasteiger partial charge in [-0.2, -0.15) is 0 Å². The molecule has 4 aliphatic carbocycles. The summed E-state index contributed by atoms with van der Waals surface area (Å²) in [4.78, 5) is 0. The molecule has 1 heterocycles. The van der Waals surface area contributed by atoms with E-state index in [1.165, 1.54) is 139 Å². The first kappa shape index (κ1) is 41.4. The van der Waals surface area contributed by atoms with Gasteiger partial charge < -0.3 is 4.57 Å². The Kier molecular flexibility index (Phi) is 9.57. The van der Waals surface area contributed by atoms with E-state index in [0.717, 1.165) is 19.3 Å². The van der Waals surface area contributed by atoms with Crippen molar-refractivity contribution in [1.82, 2.24) is 4.57 Å². The van der Waals surface area contributed by atoms with E-state index in [9.17, 15) is 0 Å². The van der Waals surface area contributed by atoms with Crippen LogP contribution in [0.25, 0.3) is 66.4 Å².